The Morgan fingerprint density at radius 1 is 1.17 bits per heavy atom. The SMILES string of the molecule is CC(C)(C)c1nnc2n1N1C(=CSC1c1cc(Br)c(O)c(Br)c1)S2. The molecule has 3 heterocycles. The average Bonchev–Trinajstić information content (AvgIpc) is 3.13. The van der Waals surface area contributed by atoms with Gasteiger partial charge in [-0.25, -0.2) is 4.68 Å². The van der Waals surface area contributed by atoms with Gasteiger partial charge < -0.3 is 5.11 Å². The van der Waals surface area contributed by atoms with Crippen LogP contribution >= 0.6 is 55.4 Å². The fraction of sp³-hybridized carbons (Fsp3) is 0.333. The third-order valence-electron chi connectivity index (χ3n) is 3.76. The summed E-state index contributed by atoms with van der Waals surface area (Å²) in [6, 6.07) is 3.91. The molecular weight excluding hydrogens is 476 g/mol. The number of benzene rings is 1. The molecule has 1 N–H and O–H groups in total. The van der Waals surface area contributed by atoms with Crippen LogP contribution in [0.3, 0.4) is 0 Å². The molecule has 1 unspecified atom stereocenters. The van der Waals surface area contributed by atoms with Crippen molar-refractivity contribution in [1.82, 2.24) is 14.9 Å². The zero-order valence-corrected chi connectivity index (χ0v) is 17.9. The summed E-state index contributed by atoms with van der Waals surface area (Å²) in [5, 5.41) is 25.2. The number of aromatic nitrogens is 3. The number of hydrogen-bond donors (Lipinski definition) is 1. The summed E-state index contributed by atoms with van der Waals surface area (Å²) in [6.45, 7) is 6.42. The molecule has 0 saturated heterocycles. The smallest absolute Gasteiger partial charge is 0.216 e. The van der Waals surface area contributed by atoms with Crippen LogP contribution in [-0.4, -0.2) is 20.0 Å². The summed E-state index contributed by atoms with van der Waals surface area (Å²) >= 11 is 10.2. The Bertz CT molecular complexity index is 852. The zero-order valence-electron chi connectivity index (χ0n) is 13.1. The van der Waals surface area contributed by atoms with E-state index in [1.54, 1.807) is 23.5 Å². The van der Waals surface area contributed by atoms with Gasteiger partial charge in [0, 0.05) is 10.8 Å². The van der Waals surface area contributed by atoms with E-state index in [1.807, 2.05) is 12.1 Å². The zero-order chi connectivity index (χ0) is 17.2. The maximum atomic E-state index is 9.98. The highest BCUT2D eigenvalue weighted by Crippen LogP contribution is 2.52. The van der Waals surface area contributed by atoms with Crippen molar-refractivity contribution in [3.05, 3.63) is 42.9 Å². The lowest BCUT2D eigenvalue weighted by Crippen LogP contribution is -2.34. The van der Waals surface area contributed by atoms with Gasteiger partial charge in [0.15, 0.2) is 5.82 Å². The third kappa shape index (κ3) is 2.51. The maximum Gasteiger partial charge on any atom is 0.216 e. The van der Waals surface area contributed by atoms with Crippen molar-refractivity contribution in [3.63, 3.8) is 0 Å². The molecule has 1 aromatic carbocycles. The van der Waals surface area contributed by atoms with Gasteiger partial charge in [-0.15, -0.1) is 10.2 Å². The van der Waals surface area contributed by atoms with Gasteiger partial charge in [0.1, 0.15) is 16.2 Å². The van der Waals surface area contributed by atoms with E-state index in [9.17, 15) is 5.11 Å². The molecule has 2 aromatic rings. The van der Waals surface area contributed by atoms with E-state index in [4.69, 9.17) is 0 Å². The van der Waals surface area contributed by atoms with Gasteiger partial charge in [-0.3, -0.25) is 5.01 Å². The number of phenols is 1. The van der Waals surface area contributed by atoms with Crippen LogP contribution < -0.4 is 5.01 Å². The average molecular weight is 490 g/mol. The molecule has 0 fully saturated rings. The Hall–Kier alpha value is -0.640. The van der Waals surface area contributed by atoms with Gasteiger partial charge in [-0.2, -0.15) is 0 Å². The first kappa shape index (κ1) is 16.8. The molecule has 9 heteroatoms. The van der Waals surface area contributed by atoms with Crippen LogP contribution in [0.5, 0.6) is 5.75 Å². The lowest BCUT2D eigenvalue weighted by Gasteiger charge is -2.29. The molecule has 0 spiro atoms. The van der Waals surface area contributed by atoms with E-state index in [0.29, 0.717) is 8.95 Å². The Kier molecular flexibility index (Phi) is 3.98. The molecule has 0 aliphatic carbocycles. The Labute approximate surface area is 165 Å². The Morgan fingerprint density at radius 2 is 1.83 bits per heavy atom. The monoisotopic (exact) mass is 488 g/mol. The lowest BCUT2D eigenvalue weighted by atomic mass is 9.96. The van der Waals surface area contributed by atoms with Crippen LogP contribution in [-0.2, 0) is 5.41 Å². The maximum absolute atomic E-state index is 9.98. The van der Waals surface area contributed by atoms with E-state index in [1.165, 1.54) is 0 Å². The number of aromatic hydroxyl groups is 1. The van der Waals surface area contributed by atoms with E-state index in [2.05, 4.69) is 77.9 Å². The molecule has 126 valence electrons. The Morgan fingerprint density at radius 3 is 2.46 bits per heavy atom. The molecule has 1 aromatic heterocycles. The minimum absolute atomic E-state index is 0.0686. The highest BCUT2D eigenvalue weighted by Gasteiger charge is 2.41. The van der Waals surface area contributed by atoms with Crippen molar-refractivity contribution in [2.45, 2.75) is 36.7 Å². The standard InChI is InChI=1S/C15H14Br2N4OS2/c1-15(2,3)13-18-19-14-21(13)20-10(24-14)6-23-12(20)7-4-8(16)11(22)9(17)5-7/h4-6,12,22H,1-3H3. The molecule has 24 heavy (non-hydrogen) atoms. The second-order valence-electron chi connectivity index (χ2n) is 6.59. The number of rotatable bonds is 1. The second kappa shape index (κ2) is 5.69. The molecule has 2 aliphatic heterocycles. The predicted molar refractivity (Wildman–Crippen MR) is 105 cm³/mol. The molecule has 0 radical (unpaired) electrons. The van der Waals surface area contributed by atoms with Gasteiger partial charge >= 0.3 is 0 Å². The first-order chi connectivity index (χ1) is 11.3. The number of phenolic OH excluding ortho intramolecular Hbond substituents is 1. The van der Waals surface area contributed by atoms with Crippen LogP contribution in [0.15, 0.2) is 36.7 Å². The highest BCUT2D eigenvalue weighted by molar-refractivity contribution is 9.11. The third-order valence-corrected chi connectivity index (χ3v) is 7.16. The normalized spacial score (nSPS) is 19.5. The predicted octanol–water partition coefficient (Wildman–Crippen LogP) is 5.09. The van der Waals surface area contributed by atoms with Gasteiger partial charge in [-0.1, -0.05) is 32.5 Å². The van der Waals surface area contributed by atoms with Gasteiger partial charge in [-0.05, 0) is 61.3 Å². The number of thioether (sulfide) groups is 2. The molecule has 4 rings (SSSR count). The first-order valence-corrected chi connectivity index (χ1v) is 10.6. The summed E-state index contributed by atoms with van der Waals surface area (Å²) in [6.07, 6.45) is 0. The number of nitrogens with zero attached hydrogens (tertiary/aromatic N) is 4. The Balaban J connectivity index is 1.81. The second-order valence-corrected chi connectivity index (χ2v) is 10.2. The van der Waals surface area contributed by atoms with Gasteiger partial charge in [0.25, 0.3) is 0 Å². The fourth-order valence-electron chi connectivity index (χ4n) is 2.66. The van der Waals surface area contributed by atoms with Crippen LogP contribution in [0.25, 0.3) is 0 Å². The van der Waals surface area contributed by atoms with Crippen LogP contribution in [0.2, 0.25) is 0 Å². The summed E-state index contributed by atoms with van der Waals surface area (Å²) in [5.41, 5.74) is 0.986. The molecule has 0 bridgehead atoms. The minimum atomic E-state index is -0.102. The van der Waals surface area contributed by atoms with Crippen LogP contribution in [0.1, 0.15) is 37.5 Å². The number of fused-ring (bicyclic) bond motifs is 3. The van der Waals surface area contributed by atoms with Gasteiger partial charge in [0.2, 0.25) is 5.16 Å². The van der Waals surface area contributed by atoms with E-state index in [-0.39, 0.29) is 16.5 Å². The highest BCUT2D eigenvalue weighted by atomic mass is 79.9. The molecule has 0 saturated carbocycles. The molecule has 5 nitrogen and oxygen atoms in total. The molecule has 0 amide bonds. The number of halogens is 2. The first-order valence-electron chi connectivity index (χ1n) is 7.24. The number of hydrogen-bond acceptors (Lipinski definition) is 6. The van der Waals surface area contributed by atoms with Crippen molar-refractivity contribution < 1.29 is 5.11 Å². The largest absolute Gasteiger partial charge is 0.506 e. The fourth-order valence-corrected chi connectivity index (χ4v) is 6.08. The summed E-state index contributed by atoms with van der Waals surface area (Å²) in [5.74, 6) is 1.16. The van der Waals surface area contributed by atoms with Crippen molar-refractivity contribution in [2.24, 2.45) is 0 Å². The van der Waals surface area contributed by atoms with E-state index < -0.39 is 0 Å². The summed E-state index contributed by atoms with van der Waals surface area (Å²) in [7, 11) is 0. The van der Waals surface area contributed by atoms with Crippen LogP contribution in [0, 0.1) is 0 Å². The van der Waals surface area contributed by atoms with Crippen LogP contribution in [0.4, 0.5) is 0 Å². The topological polar surface area (TPSA) is 54.2 Å². The van der Waals surface area contributed by atoms with Crippen molar-refractivity contribution in [1.29, 1.82) is 0 Å². The van der Waals surface area contributed by atoms with E-state index >= 15 is 0 Å². The summed E-state index contributed by atoms with van der Waals surface area (Å²) < 4.78 is 3.47. The quantitative estimate of drug-likeness (QED) is 0.601. The van der Waals surface area contributed by atoms with Crippen molar-refractivity contribution in [3.8, 4) is 5.75 Å². The van der Waals surface area contributed by atoms with E-state index in [0.717, 1.165) is 21.6 Å². The van der Waals surface area contributed by atoms with Crippen molar-refractivity contribution in [2.75, 3.05) is 5.01 Å². The summed E-state index contributed by atoms with van der Waals surface area (Å²) in [4.78, 5) is 0. The van der Waals surface area contributed by atoms with Gasteiger partial charge in [0.05, 0.1) is 8.95 Å². The minimum Gasteiger partial charge on any atom is -0.506 e. The molecular formula is C15H14Br2N4OS2. The molecule has 1 atom stereocenters. The van der Waals surface area contributed by atoms with Crippen molar-refractivity contribution >= 4 is 55.4 Å². The lowest BCUT2D eigenvalue weighted by molar-refractivity contribution is 0.467. The molecule has 2 aliphatic rings.